The number of fused-ring (bicyclic) bond motifs is 1. The van der Waals surface area contributed by atoms with Crippen LogP contribution in [0.3, 0.4) is 0 Å². The Morgan fingerprint density at radius 2 is 1.86 bits per heavy atom. The summed E-state index contributed by atoms with van der Waals surface area (Å²) in [6.07, 6.45) is 1.95. The molecule has 0 atom stereocenters. The summed E-state index contributed by atoms with van der Waals surface area (Å²) in [4.78, 5) is 15.3. The lowest BCUT2D eigenvalue weighted by molar-refractivity contribution is 0.0691. The maximum Gasteiger partial charge on any atom is 0.354 e. The molecule has 21 heavy (non-hydrogen) atoms. The fraction of sp³-hybridized carbons (Fsp3) is 0.176. The van der Waals surface area contributed by atoms with E-state index in [-0.39, 0.29) is 5.69 Å². The number of carboxylic acid groups (broad SMARTS) is 1. The monoisotopic (exact) mass is 280 g/mol. The van der Waals surface area contributed by atoms with Gasteiger partial charge in [0.1, 0.15) is 5.65 Å². The highest BCUT2D eigenvalue weighted by atomic mass is 16.4. The molecular weight excluding hydrogens is 264 g/mol. The average molecular weight is 280 g/mol. The summed E-state index contributed by atoms with van der Waals surface area (Å²) >= 11 is 0. The molecule has 2 heterocycles. The second kappa shape index (κ2) is 5.05. The van der Waals surface area contributed by atoms with Crippen LogP contribution in [0.1, 0.15) is 27.2 Å². The molecule has 3 aromatic rings. The van der Waals surface area contributed by atoms with Gasteiger partial charge in [-0.3, -0.25) is 0 Å². The van der Waals surface area contributed by atoms with E-state index in [4.69, 9.17) is 5.11 Å². The predicted molar refractivity (Wildman–Crippen MR) is 81.7 cm³/mol. The van der Waals surface area contributed by atoms with Crippen molar-refractivity contribution in [2.45, 2.75) is 20.4 Å². The van der Waals surface area contributed by atoms with Gasteiger partial charge in [0.2, 0.25) is 0 Å². The van der Waals surface area contributed by atoms with Crippen LogP contribution >= 0.6 is 0 Å². The minimum atomic E-state index is -1.00. The molecule has 1 N–H and O–H groups in total. The number of hydrogen-bond acceptors (Lipinski definition) is 2. The van der Waals surface area contributed by atoms with Crippen molar-refractivity contribution in [3.05, 3.63) is 65.0 Å². The molecule has 0 bridgehead atoms. The number of carbonyl (C=O) groups is 1. The van der Waals surface area contributed by atoms with E-state index in [1.165, 1.54) is 22.8 Å². The van der Waals surface area contributed by atoms with Crippen molar-refractivity contribution in [2.24, 2.45) is 0 Å². The molecule has 0 aliphatic heterocycles. The lowest BCUT2D eigenvalue weighted by atomic mass is 10.0. The first-order valence-corrected chi connectivity index (χ1v) is 6.80. The summed E-state index contributed by atoms with van der Waals surface area (Å²) < 4.78 is 2.00. The van der Waals surface area contributed by atoms with Crippen molar-refractivity contribution < 1.29 is 9.90 Å². The van der Waals surface area contributed by atoms with Gasteiger partial charge in [-0.2, -0.15) is 0 Å². The molecule has 0 radical (unpaired) electrons. The Hall–Kier alpha value is -2.62. The molecule has 106 valence electrons. The summed E-state index contributed by atoms with van der Waals surface area (Å²) in [6.45, 7) is 4.87. The van der Waals surface area contributed by atoms with E-state index < -0.39 is 5.97 Å². The summed E-state index contributed by atoms with van der Waals surface area (Å²) in [7, 11) is 0. The molecule has 0 spiro atoms. The number of aromatic carboxylic acids is 1. The topological polar surface area (TPSA) is 55.1 Å². The van der Waals surface area contributed by atoms with Crippen LogP contribution in [-0.2, 0) is 6.54 Å². The first kappa shape index (κ1) is 13.4. The van der Waals surface area contributed by atoms with Crippen molar-refractivity contribution in [1.29, 1.82) is 0 Å². The third kappa shape index (κ3) is 2.40. The zero-order chi connectivity index (χ0) is 15.0. The van der Waals surface area contributed by atoms with Gasteiger partial charge < -0.3 is 9.67 Å². The normalized spacial score (nSPS) is 11.0. The fourth-order valence-corrected chi connectivity index (χ4v) is 2.58. The van der Waals surface area contributed by atoms with E-state index in [1.54, 1.807) is 6.07 Å². The summed E-state index contributed by atoms with van der Waals surface area (Å²) in [5.74, 6) is -1.00. The van der Waals surface area contributed by atoms with Crippen LogP contribution in [0.25, 0.3) is 11.0 Å². The Bertz CT molecular complexity index is 814. The Labute approximate surface area is 122 Å². The zero-order valence-electron chi connectivity index (χ0n) is 12.0. The SMILES string of the molecule is Cc1cccc(C)c1Cn1ccc2ccc(C(=O)O)nc21. The number of hydrogen-bond donors (Lipinski definition) is 1. The maximum absolute atomic E-state index is 11.1. The van der Waals surface area contributed by atoms with Crippen LogP contribution in [0, 0.1) is 13.8 Å². The van der Waals surface area contributed by atoms with Crippen LogP contribution in [-0.4, -0.2) is 20.6 Å². The van der Waals surface area contributed by atoms with Crippen LogP contribution in [0.5, 0.6) is 0 Å². The third-order valence-electron chi connectivity index (χ3n) is 3.80. The van der Waals surface area contributed by atoms with Crippen molar-refractivity contribution in [1.82, 2.24) is 9.55 Å². The van der Waals surface area contributed by atoms with Gasteiger partial charge in [0.15, 0.2) is 5.69 Å². The summed E-state index contributed by atoms with van der Waals surface area (Å²) in [5.41, 5.74) is 4.48. The quantitative estimate of drug-likeness (QED) is 0.800. The smallest absolute Gasteiger partial charge is 0.354 e. The number of pyridine rings is 1. The molecule has 0 saturated heterocycles. The number of aryl methyl sites for hydroxylation is 2. The second-order valence-corrected chi connectivity index (χ2v) is 5.23. The standard InChI is InChI=1S/C17H16N2O2/c1-11-4-3-5-12(2)14(11)10-19-9-8-13-6-7-15(17(20)21)18-16(13)19/h3-9H,10H2,1-2H3,(H,20,21). The van der Waals surface area contributed by atoms with E-state index in [2.05, 4.69) is 31.0 Å². The first-order chi connectivity index (χ1) is 10.1. The lowest BCUT2D eigenvalue weighted by Gasteiger charge is -2.11. The van der Waals surface area contributed by atoms with Crippen molar-refractivity contribution >= 4 is 17.0 Å². The molecule has 3 rings (SSSR count). The van der Waals surface area contributed by atoms with Gasteiger partial charge in [0, 0.05) is 18.1 Å². The molecule has 0 aliphatic rings. The Kier molecular flexibility index (Phi) is 3.22. The lowest BCUT2D eigenvalue weighted by Crippen LogP contribution is -2.05. The van der Waals surface area contributed by atoms with E-state index >= 15 is 0 Å². The predicted octanol–water partition coefficient (Wildman–Crippen LogP) is 3.40. The Morgan fingerprint density at radius 3 is 2.52 bits per heavy atom. The molecule has 4 heteroatoms. The average Bonchev–Trinajstić information content (AvgIpc) is 2.85. The zero-order valence-corrected chi connectivity index (χ0v) is 12.0. The number of aromatic nitrogens is 2. The van der Waals surface area contributed by atoms with Crippen LogP contribution in [0.15, 0.2) is 42.6 Å². The van der Waals surface area contributed by atoms with Gasteiger partial charge in [0.25, 0.3) is 0 Å². The first-order valence-electron chi connectivity index (χ1n) is 6.80. The minimum Gasteiger partial charge on any atom is -0.477 e. The Morgan fingerprint density at radius 1 is 1.14 bits per heavy atom. The van der Waals surface area contributed by atoms with E-state index in [1.807, 2.05) is 22.9 Å². The third-order valence-corrected chi connectivity index (χ3v) is 3.80. The Balaban J connectivity index is 2.08. The van der Waals surface area contributed by atoms with E-state index in [0.29, 0.717) is 12.2 Å². The molecular formula is C17H16N2O2. The molecule has 0 unspecified atom stereocenters. The summed E-state index contributed by atoms with van der Waals surface area (Å²) in [5, 5.41) is 10.0. The minimum absolute atomic E-state index is 0.0731. The van der Waals surface area contributed by atoms with Gasteiger partial charge in [0.05, 0.1) is 0 Å². The van der Waals surface area contributed by atoms with E-state index in [0.717, 1.165) is 5.39 Å². The largest absolute Gasteiger partial charge is 0.477 e. The summed E-state index contributed by atoms with van der Waals surface area (Å²) in [6, 6.07) is 11.5. The van der Waals surface area contributed by atoms with Crippen LogP contribution < -0.4 is 0 Å². The number of carboxylic acids is 1. The van der Waals surface area contributed by atoms with Gasteiger partial charge in [-0.05, 0) is 48.7 Å². The molecule has 0 amide bonds. The van der Waals surface area contributed by atoms with Crippen LogP contribution in [0.4, 0.5) is 0 Å². The molecule has 4 nitrogen and oxygen atoms in total. The fourth-order valence-electron chi connectivity index (χ4n) is 2.58. The van der Waals surface area contributed by atoms with Crippen molar-refractivity contribution in [3.8, 4) is 0 Å². The molecule has 1 aromatic carbocycles. The highest BCUT2D eigenvalue weighted by Gasteiger charge is 2.10. The van der Waals surface area contributed by atoms with Crippen molar-refractivity contribution in [2.75, 3.05) is 0 Å². The number of nitrogens with zero attached hydrogens (tertiary/aromatic N) is 2. The number of benzene rings is 1. The molecule has 0 fully saturated rings. The molecule has 0 saturated carbocycles. The molecule has 2 aromatic heterocycles. The number of rotatable bonds is 3. The van der Waals surface area contributed by atoms with Gasteiger partial charge in [-0.15, -0.1) is 0 Å². The van der Waals surface area contributed by atoms with Gasteiger partial charge in [-0.25, -0.2) is 9.78 Å². The van der Waals surface area contributed by atoms with E-state index in [9.17, 15) is 4.79 Å². The van der Waals surface area contributed by atoms with Gasteiger partial charge in [-0.1, -0.05) is 18.2 Å². The second-order valence-electron chi connectivity index (χ2n) is 5.23. The highest BCUT2D eigenvalue weighted by molar-refractivity contribution is 5.89. The van der Waals surface area contributed by atoms with Crippen molar-refractivity contribution in [3.63, 3.8) is 0 Å². The molecule has 0 aliphatic carbocycles. The van der Waals surface area contributed by atoms with Gasteiger partial charge >= 0.3 is 5.97 Å². The maximum atomic E-state index is 11.1. The highest BCUT2D eigenvalue weighted by Crippen LogP contribution is 2.19. The van der Waals surface area contributed by atoms with Crippen LogP contribution in [0.2, 0.25) is 0 Å².